The average molecular weight is 102 g/mol. The Morgan fingerprint density at radius 1 is 1.86 bits per heavy atom. The first-order chi connectivity index (χ1) is 3.31. The van der Waals surface area contributed by atoms with Gasteiger partial charge in [0.2, 0.25) is 0 Å². The maximum absolute atomic E-state index is 8.15. The molecular formula is C4H11BO2. The molecule has 0 radical (unpaired) electrons. The minimum absolute atomic E-state index is 0.158. The quantitative estimate of drug-likeness (QED) is 0.510. The predicted molar refractivity (Wildman–Crippen MR) is 30.2 cm³/mol. The molecule has 1 atom stereocenters. The number of rotatable bonds is 3. The zero-order chi connectivity index (χ0) is 5.70. The van der Waals surface area contributed by atoms with Crippen molar-refractivity contribution < 1.29 is 9.68 Å². The number of hydrogen-bond donors (Lipinski definition) is 1. The normalized spacial score (nSPS) is 13.6. The molecule has 0 aromatic carbocycles. The van der Waals surface area contributed by atoms with Gasteiger partial charge in [-0.25, -0.2) is 0 Å². The van der Waals surface area contributed by atoms with E-state index in [4.69, 9.17) is 9.68 Å². The van der Waals surface area contributed by atoms with Crippen LogP contribution in [0.4, 0.5) is 0 Å². The van der Waals surface area contributed by atoms with Gasteiger partial charge in [-0.3, -0.25) is 0 Å². The molecule has 0 aliphatic heterocycles. The van der Waals surface area contributed by atoms with Crippen molar-refractivity contribution in [2.24, 2.45) is 0 Å². The summed E-state index contributed by atoms with van der Waals surface area (Å²) in [5.41, 5.74) is 0. The van der Waals surface area contributed by atoms with Crippen molar-refractivity contribution in [1.29, 1.82) is 0 Å². The number of hydrogen-bond acceptors (Lipinski definition) is 2. The van der Waals surface area contributed by atoms with Crippen LogP contribution in [-0.2, 0) is 4.65 Å². The Kier molecular flexibility index (Phi) is 4.14. The molecule has 3 heteroatoms. The molecule has 0 aromatic rings. The molecule has 2 nitrogen and oxygen atoms in total. The van der Waals surface area contributed by atoms with E-state index < -0.39 is 0 Å². The van der Waals surface area contributed by atoms with E-state index in [2.05, 4.69) is 0 Å². The van der Waals surface area contributed by atoms with Crippen LogP contribution < -0.4 is 0 Å². The summed E-state index contributed by atoms with van der Waals surface area (Å²) in [6.07, 6.45) is 1.16. The Balaban J connectivity index is 2.83. The summed E-state index contributed by atoms with van der Waals surface area (Å²) >= 11 is 0. The largest absolute Gasteiger partial charge is 0.435 e. The van der Waals surface area contributed by atoms with Gasteiger partial charge in [0.25, 0.3) is 0 Å². The van der Waals surface area contributed by atoms with E-state index in [-0.39, 0.29) is 13.8 Å². The summed E-state index contributed by atoms with van der Waals surface area (Å²) < 4.78 is 4.75. The zero-order valence-corrected chi connectivity index (χ0v) is 4.85. The van der Waals surface area contributed by atoms with Gasteiger partial charge in [-0.05, 0) is 13.3 Å². The minimum atomic E-state index is -0.158. The minimum Gasteiger partial charge on any atom is -0.430 e. The van der Waals surface area contributed by atoms with Crippen molar-refractivity contribution in [3.63, 3.8) is 0 Å². The Morgan fingerprint density at radius 3 is 2.57 bits per heavy atom. The predicted octanol–water partition coefficient (Wildman–Crippen LogP) is 0.0603. The van der Waals surface area contributed by atoms with Gasteiger partial charge in [0.15, 0.2) is 0 Å². The third-order valence-corrected chi connectivity index (χ3v) is 0.934. The lowest BCUT2D eigenvalue weighted by atomic mass is 10.3. The summed E-state index contributed by atoms with van der Waals surface area (Å²) in [6, 6.07) is 0. The fourth-order valence-corrected chi connectivity index (χ4v) is 0.245. The fourth-order valence-electron chi connectivity index (χ4n) is 0.245. The van der Waals surface area contributed by atoms with Crippen LogP contribution in [0.1, 0.15) is 20.3 Å². The van der Waals surface area contributed by atoms with Crippen LogP contribution >= 0.6 is 0 Å². The van der Waals surface area contributed by atoms with Crippen molar-refractivity contribution in [1.82, 2.24) is 0 Å². The van der Waals surface area contributed by atoms with Gasteiger partial charge < -0.3 is 9.68 Å². The molecule has 0 rings (SSSR count). The first kappa shape index (κ1) is 6.98. The van der Waals surface area contributed by atoms with Gasteiger partial charge in [0.1, 0.15) is 0 Å². The molecule has 0 aliphatic rings. The third-order valence-electron chi connectivity index (χ3n) is 0.934. The molecule has 0 aliphatic carbocycles. The molecule has 1 unspecified atom stereocenters. The van der Waals surface area contributed by atoms with Crippen LogP contribution in [0.25, 0.3) is 0 Å². The van der Waals surface area contributed by atoms with Gasteiger partial charge in [-0.1, -0.05) is 6.92 Å². The molecule has 0 spiro atoms. The maximum atomic E-state index is 8.15. The van der Waals surface area contributed by atoms with E-state index in [1.165, 1.54) is 0 Å². The maximum Gasteiger partial charge on any atom is 0.435 e. The second-order valence-corrected chi connectivity index (χ2v) is 1.51. The molecule has 42 valence electrons. The van der Waals surface area contributed by atoms with E-state index in [0.717, 1.165) is 6.42 Å². The summed E-state index contributed by atoms with van der Waals surface area (Å²) in [6.45, 7) is 3.94. The van der Waals surface area contributed by atoms with Crippen molar-refractivity contribution in [3.8, 4) is 0 Å². The third kappa shape index (κ3) is 3.82. The first-order valence-corrected chi connectivity index (χ1v) is 2.53. The molecular weight excluding hydrogens is 90.9 g/mol. The zero-order valence-electron chi connectivity index (χ0n) is 4.85. The van der Waals surface area contributed by atoms with Crippen LogP contribution in [0.15, 0.2) is 0 Å². The molecule has 0 saturated heterocycles. The molecule has 0 fully saturated rings. The SMILES string of the molecule is CCC(C)OBO. The molecule has 0 amide bonds. The van der Waals surface area contributed by atoms with Crippen LogP contribution in [-0.4, -0.2) is 18.8 Å². The second kappa shape index (κ2) is 4.15. The summed E-state index contributed by atoms with van der Waals surface area (Å²) in [5, 5.41) is 8.15. The monoisotopic (exact) mass is 102 g/mol. The Hall–Kier alpha value is -0.0151. The lowest BCUT2D eigenvalue weighted by Crippen LogP contribution is -2.09. The van der Waals surface area contributed by atoms with Crippen LogP contribution in [0.3, 0.4) is 0 Å². The van der Waals surface area contributed by atoms with E-state index in [0.29, 0.717) is 0 Å². The van der Waals surface area contributed by atoms with Crippen LogP contribution in [0, 0.1) is 0 Å². The molecule has 0 heterocycles. The standard InChI is InChI=1S/C4H11BO2/c1-3-4(2)7-5-6/h4-6H,3H2,1-2H3. The van der Waals surface area contributed by atoms with Crippen molar-refractivity contribution in [2.45, 2.75) is 26.4 Å². The van der Waals surface area contributed by atoms with Crippen molar-refractivity contribution >= 4 is 7.69 Å². The summed E-state index contributed by atoms with van der Waals surface area (Å²) in [4.78, 5) is 0. The van der Waals surface area contributed by atoms with E-state index in [9.17, 15) is 0 Å². The Labute approximate surface area is 44.8 Å². The van der Waals surface area contributed by atoms with Gasteiger partial charge >= 0.3 is 7.69 Å². The van der Waals surface area contributed by atoms with Gasteiger partial charge in [0, 0.05) is 6.10 Å². The second-order valence-electron chi connectivity index (χ2n) is 1.51. The lowest BCUT2D eigenvalue weighted by Gasteiger charge is -2.04. The van der Waals surface area contributed by atoms with Crippen molar-refractivity contribution in [3.05, 3.63) is 0 Å². The molecule has 0 bridgehead atoms. The summed E-state index contributed by atoms with van der Waals surface area (Å²) in [7, 11) is -0.158. The Morgan fingerprint density at radius 2 is 2.43 bits per heavy atom. The topological polar surface area (TPSA) is 29.5 Å². The highest BCUT2D eigenvalue weighted by molar-refractivity contribution is 6.15. The molecule has 7 heavy (non-hydrogen) atoms. The lowest BCUT2D eigenvalue weighted by molar-refractivity contribution is 0.197. The van der Waals surface area contributed by atoms with E-state index in [1.54, 1.807) is 0 Å². The summed E-state index contributed by atoms with van der Waals surface area (Å²) in [5.74, 6) is 0. The van der Waals surface area contributed by atoms with E-state index in [1.807, 2.05) is 13.8 Å². The molecule has 0 aromatic heterocycles. The Bertz CT molecular complexity index is 40.7. The van der Waals surface area contributed by atoms with Crippen LogP contribution in [0.5, 0.6) is 0 Å². The van der Waals surface area contributed by atoms with Gasteiger partial charge in [-0.15, -0.1) is 0 Å². The highest BCUT2D eigenvalue weighted by Gasteiger charge is 1.94. The first-order valence-electron chi connectivity index (χ1n) is 2.53. The van der Waals surface area contributed by atoms with Crippen LogP contribution in [0.2, 0.25) is 0 Å². The molecule has 1 N–H and O–H groups in total. The smallest absolute Gasteiger partial charge is 0.430 e. The van der Waals surface area contributed by atoms with Gasteiger partial charge in [-0.2, -0.15) is 0 Å². The van der Waals surface area contributed by atoms with E-state index >= 15 is 0 Å². The average Bonchev–Trinajstić information content (AvgIpc) is 1.68. The highest BCUT2D eigenvalue weighted by Crippen LogP contribution is 1.91. The van der Waals surface area contributed by atoms with Crippen molar-refractivity contribution in [2.75, 3.05) is 0 Å². The molecule has 0 saturated carbocycles. The fraction of sp³-hybridized carbons (Fsp3) is 1.00. The van der Waals surface area contributed by atoms with Gasteiger partial charge in [0.05, 0.1) is 0 Å². The highest BCUT2D eigenvalue weighted by atomic mass is 16.5.